The van der Waals surface area contributed by atoms with Gasteiger partial charge in [0.05, 0.1) is 0 Å². The van der Waals surface area contributed by atoms with Crippen LogP contribution in [0.25, 0.3) is 44.5 Å². The Morgan fingerprint density at radius 1 is 0.327 bits per heavy atom. The minimum absolute atomic E-state index is 0.00999. The second-order valence-electron chi connectivity index (χ2n) is 12.7. The molecule has 7 aromatic carbocycles. The first kappa shape index (κ1) is 37.2. The Hall–Kier alpha value is -6.08. The van der Waals surface area contributed by atoms with E-state index in [1.807, 2.05) is 0 Å². The van der Waals surface area contributed by atoms with E-state index in [9.17, 15) is 45.2 Å². The molecule has 0 saturated heterocycles. The van der Waals surface area contributed by atoms with Crippen LogP contribution in [-0.4, -0.2) is 17.4 Å². The van der Waals surface area contributed by atoms with Crippen LogP contribution in [0.1, 0.15) is 16.7 Å². The summed E-state index contributed by atoms with van der Waals surface area (Å²) in [7, 11) is -2.49. The number of rotatable bonds is 9. The first-order chi connectivity index (χ1) is 26.3. The van der Waals surface area contributed by atoms with Crippen molar-refractivity contribution in [1.29, 1.82) is 0 Å². The first-order valence-electron chi connectivity index (χ1n) is 16.5. The number of benzene rings is 7. The highest BCUT2D eigenvalue weighted by molar-refractivity contribution is 6.33. The molecule has 0 amide bonds. The van der Waals surface area contributed by atoms with Gasteiger partial charge in [-0.2, -0.15) is 0 Å². The molecule has 0 fully saturated rings. The van der Waals surface area contributed by atoms with E-state index in [0.717, 1.165) is 48.5 Å². The normalized spacial score (nSPS) is 11.5. The lowest BCUT2D eigenvalue weighted by molar-refractivity contribution is 0.0816. The average molecular weight is 752 g/mol. The molecule has 0 radical (unpaired) electrons. The fourth-order valence-corrected chi connectivity index (χ4v) is 6.77. The van der Waals surface area contributed by atoms with Crippen molar-refractivity contribution in [3.63, 3.8) is 0 Å². The Kier molecular flexibility index (Phi) is 10.1. The molecule has 0 bridgehead atoms. The van der Waals surface area contributed by atoms with Crippen molar-refractivity contribution in [2.24, 2.45) is 0 Å². The third-order valence-electron chi connectivity index (χ3n) is 9.03. The predicted molar refractivity (Wildman–Crippen MR) is 192 cm³/mol. The molecular formula is C43H25BF8O3. The molecule has 0 atom stereocenters. The zero-order valence-corrected chi connectivity index (χ0v) is 28.2. The summed E-state index contributed by atoms with van der Waals surface area (Å²) in [5, 5.41) is 21.0. The summed E-state index contributed by atoms with van der Waals surface area (Å²) in [5.74, 6) is -7.05. The minimum atomic E-state index is -2.49. The van der Waals surface area contributed by atoms with Gasteiger partial charge in [-0.25, -0.2) is 35.1 Å². The smallest absolute Gasteiger partial charge is 0.402 e. The van der Waals surface area contributed by atoms with Crippen LogP contribution in [0.4, 0.5) is 35.1 Å². The molecule has 2 N–H and O–H groups in total. The largest absolute Gasteiger partial charge is 0.635 e. The summed E-state index contributed by atoms with van der Waals surface area (Å²) in [4.78, 5) is 0. The van der Waals surface area contributed by atoms with E-state index >= 15 is 0 Å². The van der Waals surface area contributed by atoms with Gasteiger partial charge in [-0.15, -0.1) is 0 Å². The Labute approximate surface area is 309 Å². The SMILES string of the molecule is OB(O)OC(c1ccc(-c2cc(F)cc(F)c2)cc1)(c1ccc(-c2cc(F)cc(F)c2)cc1)c1ccc(-c2cc(F)cc(F)c2)c(-c2cc(F)cc(F)c2)c1. The molecule has 0 aliphatic rings. The summed E-state index contributed by atoms with van der Waals surface area (Å²) in [6.45, 7) is 0. The number of halogens is 8. The summed E-state index contributed by atoms with van der Waals surface area (Å²) in [6.07, 6.45) is 0. The molecule has 0 aliphatic carbocycles. The Bertz CT molecular complexity index is 2370. The van der Waals surface area contributed by atoms with Gasteiger partial charge in [-0.1, -0.05) is 60.7 Å². The van der Waals surface area contributed by atoms with E-state index < -0.39 is 59.5 Å². The minimum Gasteiger partial charge on any atom is -0.402 e. The Morgan fingerprint density at radius 2 is 0.636 bits per heavy atom. The molecule has 7 rings (SSSR count). The van der Waals surface area contributed by atoms with Crippen LogP contribution < -0.4 is 0 Å². The lowest BCUT2D eigenvalue weighted by Crippen LogP contribution is -2.39. The Balaban J connectivity index is 1.50. The van der Waals surface area contributed by atoms with Crippen molar-refractivity contribution in [1.82, 2.24) is 0 Å². The molecule has 3 nitrogen and oxygen atoms in total. The molecule has 0 saturated carbocycles. The molecule has 274 valence electrons. The van der Waals surface area contributed by atoms with Crippen molar-refractivity contribution >= 4 is 7.32 Å². The third-order valence-corrected chi connectivity index (χ3v) is 9.03. The van der Waals surface area contributed by atoms with Gasteiger partial charge in [-0.05, 0) is 116 Å². The second-order valence-corrected chi connectivity index (χ2v) is 12.7. The standard InChI is InChI=1S/C43H25BF8O3/c45-33-11-26(12-34(46)20-33)24-1-5-30(6-2-24)43(55-44(53)54,31-7-3-25(4-8-31)27-13-35(47)21-36(48)14-27)32-9-10-41(28-15-37(49)22-38(50)16-28)42(19-32)29-17-39(51)23-40(52)18-29/h1-23,53-54H. The summed E-state index contributed by atoms with van der Waals surface area (Å²) in [5.41, 5.74) is -0.269. The third kappa shape index (κ3) is 7.79. The van der Waals surface area contributed by atoms with E-state index in [0.29, 0.717) is 35.4 Å². The second kappa shape index (κ2) is 15.0. The summed E-state index contributed by atoms with van der Waals surface area (Å²) in [6, 6.07) is 27.5. The summed E-state index contributed by atoms with van der Waals surface area (Å²) >= 11 is 0. The van der Waals surface area contributed by atoms with Crippen LogP contribution >= 0.6 is 0 Å². The molecule has 7 aromatic rings. The van der Waals surface area contributed by atoms with Gasteiger partial charge in [-0.3, -0.25) is 0 Å². The highest BCUT2D eigenvalue weighted by atomic mass is 19.2. The van der Waals surface area contributed by atoms with Crippen LogP contribution in [0, 0.1) is 46.5 Å². The number of hydrogen-bond acceptors (Lipinski definition) is 3. The highest BCUT2D eigenvalue weighted by Crippen LogP contribution is 2.45. The quantitative estimate of drug-likeness (QED) is 0.0877. The van der Waals surface area contributed by atoms with Crippen molar-refractivity contribution in [2.45, 2.75) is 5.60 Å². The fraction of sp³-hybridized carbons (Fsp3) is 0.0233. The molecule has 0 spiro atoms. The van der Waals surface area contributed by atoms with E-state index in [1.165, 1.54) is 66.7 Å². The molecule has 55 heavy (non-hydrogen) atoms. The molecule has 0 aliphatic heterocycles. The summed E-state index contributed by atoms with van der Waals surface area (Å²) < 4.78 is 121. The molecule has 0 unspecified atom stereocenters. The fourth-order valence-electron chi connectivity index (χ4n) is 6.77. The molecule has 0 aromatic heterocycles. The van der Waals surface area contributed by atoms with Gasteiger partial charge in [0, 0.05) is 24.3 Å². The van der Waals surface area contributed by atoms with Gasteiger partial charge in [0.2, 0.25) is 0 Å². The van der Waals surface area contributed by atoms with Crippen molar-refractivity contribution in [3.05, 3.63) is 203 Å². The Morgan fingerprint density at radius 3 is 0.982 bits per heavy atom. The lowest BCUT2D eigenvalue weighted by atomic mass is 9.76. The first-order valence-corrected chi connectivity index (χ1v) is 16.5. The van der Waals surface area contributed by atoms with E-state index in [1.54, 1.807) is 0 Å². The van der Waals surface area contributed by atoms with Crippen LogP contribution in [0.5, 0.6) is 0 Å². The molecule has 0 heterocycles. The maximum absolute atomic E-state index is 14.7. The van der Waals surface area contributed by atoms with Crippen LogP contribution in [0.2, 0.25) is 0 Å². The topological polar surface area (TPSA) is 49.7 Å². The van der Waals surface area contributed by atoms with E-state index in [2.05, 4.69) is 0 Å². The molecular weight excluding hydrogens is 727 g/mol. The van der Waals surface area contributed by atoms with Crippen molar-refractivity contribution in [2.75, 3.05) is 0 Å². The predicted octanol–water partition coefficient (Wildman–Crippen LogP) is 10.7. The maximum Gasteiger partial charge on any atom is 0.635 e. The van der Waals surface area contributed by atoms with Gasteiger partial charge < -0.3 is 14.7 Å². The zero-order valence-electron chi connectivity index (χ0n) is 28.2. The van der Waals surface area contributed by atoms with Crippen LogP contribution in [0.15, 0.2) is 140 Å². The number of hydrogen-bond donors (Lipinski definition) is 2. The lowest BCUT2D eigenvalue weighted by Gasteiger charge is -2.37. The van der Waals surface area contributed by atoms with Crippen LogP contribution in [0.3, 0.4) is 0 Å². The van der Waals surface area contributed by atoms with E-state index in [-0.39, 0.29) is 50.1 Å². The van der Waals surface area contributed by atoms with Crippen LogP contribution in [-0.2, 0) is 10.3 Å². The van der Waals surface area contributed by atoms with Crippen molar-refractivity contribution in [3.8, 4) is 44.5 Å². The zero-order chi connectivity index (χ0) is 39.0. The van der Waals surface area contributed by atoms with E-state index in [4.69, 9.17) is 4.65 Å². The van der Waals surface area contributed by atoms with Gasteiger partial charge in [0.15, 0.2) is 0 Å². The maximum atomic E-state index is 14.7. The monoisotopic (exact) mass is 752 g/mol. The average Bonchev–Trinajstić information content (AvgIpc) is 3.12. The van der Waals surface area contributed by atoms with Crippen molar-refractivity contribution < 1.29 is 49.8 Å². The van der Waals surface area contributed by atoms with Gasteiger partial charge in [0.1, 0.15) is 52.1 Å². The highest BCUT2D eigenvalue weighted by Gasteiger charge is 2.41. The van der Waals surface area contributed by atoms with Gasteiger partial charge >= 0.3 is 7.32 Å². The van der Waals surface area contributed by atoms with Gasteiger partial charge in [0.25, 0.3) is 0 Å². The molecule has 12 heteroatoms.